The van der Waals surface area contributed by atoms with Crippen LogP contribution in [0, 0.1) is 24.1 Å². The maximum Gasteiger partial charge on any atom is 0.140 e. The minimum Gasteiger partial charge on any atom is -0.497 e. The molecule has 2 aromatic rings. The molecule has 0 radical (unpaired) electrons. The van der Waals surface area contributed by atoms with Gasteiger partial charge in [-0.25, -0.2) is 4.39 Å². The number of aryl methyl sites for hydroxylation is 1. The van der Waals surface area contributed by atoms with Crippen LogP contribution in [0.3, 0.4) is 0 Å². The summed E-state index contributed by atoms with van der Waals surface area (Å²) in [6, 6.07) is 13.6. The van der Waals surface area contributed by atoms with Gasteiger partial charge in [0, 0.05) is 5.69 Å². The van der Waals surface area contributed by atoms with Gasteiger partial charge in [-0.15, -0.1) is 0 Å². The number of nitrogens with zero attached hydrogens (tertiary/aromatic N) is 1. The van der Waals surface area contributed by atoms with Crippen molar-refractivity contribution in [3.05, 3.63) is 59.4 Å². The van der Waals surface area contributed by atoms with Gasteiger partial charge in [0.05, 0.1) is 13.2 Å². The van der Waals surface area contributed by atoms with Gasteiger partial charge in [-0.1, -0.05) is 12.1 Å². The highest BCUT2D eigenvalue weighted by molar-refractivity contribution is 5.50. The Kier molecular flexibility index (Phi) is 4.21. The fourth-order valence-electron chi connectivity index (χ4n) is 1.89. The van der Waals surface area contributed by atoms with Crippen molar-refractivity contribution in [3.8, 4) is 11.8 Å². The summed E-state index contributed by atoms with van der Waals surface area (Å²) in [5.41, 5.74) is 2.07. The third kappa shape index (κ3) is 3.07. The maximum absolute atomic E-state index is 13.3. The van der Waals surface area contributed by atoms with Crippen molar-refractivity contribution >= 4 is 5.69 Å². The molecule has 0 aliphatic carbocycles. The predicted molar refractivity (Wildman–Crippen MR) is 76.1 cm³/mol. The Labute approximate surface area is 117 Å². The molecule has 0 aliphatic rings. The van der Waals surface area contributed by atoms with E-state index in [0.717, 1.165) is 17.0 Å². The molecule has 3 nitrogen and oxygen atoms in total. The third-order valence-electron chi connectivity index (χ3n) is 3.05. The molecule has 0 heterocycles. The summed E-state index contributed by atoms with van der Waals surface area (Å²) in [6.07, 6.45) is 0. The molecule has 4 heteroatoms. The highest BCUT2D eigenvalue weighted by atomic mass is 19.1. The first-order chi connectivity index (χ1) is 9.63. The van der Waals surface area contributed by atoms with E-state index in [1.54, 1.807) is 26.2 Å². The van der Waals surface area contributed by atoms with Crippen LogP contribution in [0.2, 0.25) is 0 Å². The molecule has 1 N–H and O–H groups in total. The van der Waals surface area contributed by atoms with Gasteiger partial charge >= 0.3 is 0 Å². The fourth-order valence-corrected chi connectivity index (χ4v) is 1.89. The van der Waals surface area contributed by atoms with Crippen LogP contribution in [0.1, 0.15) is 17.2 Å². The molecule has 2 aromatic carbocycles. The summed E-state index contributed by atoms with van der Waals surface area (Å²) in [4.78, 5) is 0. The van der Waals surface area contributed by atoms with Crippen LogP contribution in [0.5, 0.6) is 5.75 Å². The molecule has 0 saturated carbocycles. The largest absolute Gasteiger partial charge is 0.497 e. The molecule has 0 aliphatic heterocycles. The Morgan fingerprint density at radius 2 is 1.90 bits per heavy atom. The summed E-state index contributed by atoms with van der Waals surface area (Å²) < 4.78 is 18.3. The molecule has 102 valence electrons. The fraction of sp³-hybridized carbons (Fsp3) is 0.188. The summed E-state index contributed by atoms with van der Waals surface area (Å²) in [7, 11) is 1.60. The van der Waals surface area contributed by atoms with Crippen LogP contribution >= 0.6 is 0 Å². The Hall–Kier alpha value is -2.54. The Bertz CT molecular complexity index is 632. The van der Waals surface area contributed by atoms with Gasteiger partial charge in [-0.05, 0) is 48.4 Å². The van der Waals surface area contributed by atoms with Gasteiger partial charge in [-0.2, -0.15) is 5.26 Å². The van der Waals surface area contributed by atoms with E-state index < -0.39 is 6.04 Å². The van der Waals surface area contributed by atoms with E-state index in [1.165, 1.54) is 6.07 Å². The van der Waals surface area contributed by atoms with Crippen molar-refractivity contribution in [1.29, 1.82) is 5.26 Å². The summed E-state index contributed by atoms with van der Waals surface area (Å²) in [5.74, 6) is 0.483. The van der Waals surface area contributed by atoms with Crippen LogP contribution in [0.15, 0.2) is 42.5 Å². The zero-order valence-electron chi connectivity index (χ0n) is 11.4. The number of hydrogen-bond acceptors (Lipinski definition) is 3. The Morgan fingerprint density at radius 3 is 2.45 bits per heavy atom. The number of hydrogen-bond donors (Lipinski definition) is 1. The van der Waals surface area contributed by atoms with Crippen molar-refractivity contribution in [1.82, 2.24) is 0 Å². The number of anilines is 1. The van der Waals surface area contributed by atoms with Crippen molar-refractivity contribution in [2.24, 2.45) is 0 Å². The van der Waals surface area contributed by atoms with E-state index in [9.17, 15) is 9.65 Å². The van der Waals surface area contributed by atoms with Crippen molar-refractivity contribution < 1.29 is 9.13 Å². The topological polar surface area (TPSA) is 45.0 Å². The molecule has 1 unspecified atom stereocenters. The van der Waals surface area contributed by atoms with Gasteiger partial charge < -0.3 is 10.1 Å². The number of rotatable bonds is 4. The monoisotopic (exact) mass is 270 g/mol. The lowest BCUT2D eigenvalue weighted by atomic mass is 10.0. The smallest absolute Gasteiger partial charge is 0.140 e. The molecule has 20 heavy (non-hydrogen) atoms. The molecule has 1 atom stereocenters. The predicted octanol–water partition coefficient (Wildman–Crippen LogP) is 3.82. The number of ether oxygens (including phenoxy) is 1. The SMILES string of the molecule is COc1ccc(NC(C#N)c2ccc(F)c(C)c2)cc1. The average Bonchev–Trinajstić information content (AvgIpc) is 2.48. The lowest BCUT2D eigenvalue weighted by Gasteiger charge is -2.14. The molecule has 0 amide bonds. The van der Waals surface area contributed by atoms with E-state index >= 15 is 0 Å². The molecule has 0 spiro atoms. The van der Waals surface area contributed by atoms with Crippen LogP contribution < -0.4 is 10.1 Å². The van der Waals surface area contributed by atoms with Gasteiger partial charge in [0.1, 0.15) is 17.6 Å². The number of halogens is 1. The third-order valence-corrected chi connectivity index (χ3v) is 3.05. The number of nitriles is 1. The number of benzene rings is 2. The quantitative estimate of drug-likeness (QED) is 0.918. The summed E-state index contributed by atoms with van der Waals surface area (Å²) >= 11 is 0. The average molecular weight is 270 g/mol. The Morgan fingerprint density at radius 1 is 1.20 bits per heavy atom. The Balaban J connectivity index is 2.19. The lowest BCUT2D eigenvalue weighted by Crippen LogP contribution is -2.08. The van der Waals surface area contributed by atoms with E-state index in [1.807, 2.05) is 24.3 Å². The van der Waals surface area contributed by atoms with Gasteiger partial charge in [-0.3, -0.25) is 0 Å². The van der Waals surface area contributed by atoms with Crippen LogP contribution in [-0.4, -0.2) is 7.11 Å². The second-order valence-electron chi connectivity index (χ2n) is 4.44. The molecule has 0 aromatic heterocycles. The highest BCUT2D eigenvalue weighted by Crippen LogP contribution is 2.22. The van der Waals surface area contributed by atoms with Crippen LogP contribution in [0.25, 0.3) is 0 Å². The van der Waals surface area contributed by atoms with Crippen molar-refractivity contribution in [2.75, 3.05) is 12.4 Å². The number of nitrogens with one attached hydrogen (secondary N) is 1. The minimum atomic E-state index is -0.525. The van der Waals surface area contributed by atoms with Crippen molar-refractivity contribution in [3.63, 3.8) is 0 Å². The van der Waals surface area contributed by atoms with Crippen LogP contribution in [0.4, 0.5) is 10.1 Å². The first-order valence-corrected chi connectivity index (χ1v) is 6.20. The molecule has 0 saturated heterocycles. The zero-order chi connectivity index (χ0) is 14.5. The molecular formula is C16H15FN2O. The standard InChI is InChI=1S/C16H15FN2O/c1-11-9-12(3-8-15(11)17)16(10-18)19-13-4-6-14(20-2)7-5-13/h3-9,16,19H,1-2H3. The molecule has 0 fully saturated rings. The maximum atomic E-state index is 13.3. The minimum absolute atomic E-state index is 0.269. The zero-order valence-corrected chi connectivity index (χ0v) is 11.4. The molecular weight excluding hydrogens is 255 g/mol. The van der Waals surface area contributed by atoms with E-state index in [4.69, 9.17) is 4.74 Å². The van der Waals surface area contributed by atoms with Crippen molar-refractivity contribution in [2.45, 2.75) is 13.0 Å². The summed E-state index contributed by atoms with van der Waals surface area (Å²) in [5, 5.41) is 12.4. The lowest BCUT2D eigenvalue weighted by molar-refractivity contribution is 0.415. The van der Waals surface area contributed by atoms with E-state index in [-0.39, 0.29) is 5.82 Å². The summed E-state index contributed by atoms with van der Waals surface area (Å²) in [6.45, 7) is 1.68. The van der Waals surface area contributed by atoms with E-state index in [0.29, 0.717) is 5.56 Å². The second kappa shape index (κ2) is 6.07. The van der Waals surface area contributed by atoms with Crippen LogP contribution in [-0.2, 0) is 0 Å². The number of methoxy groups -OCH3 is 1. The normalized spacial score (nSPS) is 11.5. The van der Waals surface area contributed by atoms with Gasteiger partial charge in [0.15, 0.2) is 0 Å². The second-order valence-corrected chi connectivity index (χ2v) is 4.44. The highest BCUT2D eigenvalue weighted by Gasteiger charge is 2.11. The molecule has 0 bridgehead atoms. The first kappa shape index (κ1) is 13.9. The van der Waals surface area contributed by atoms with Gasteiger partial charge in [0.25, 0.3) is 0 Å². The molecule has 2 rings (SSSR count). The first-order valence-electron chi connectivity index (χ1n) is 6.20. The van der Waals surface area contributed by atoms with Gasteiger partial charge in [0.2, 0.25) is 0 Å². The van der Waals surface area contributed by atoms with E-state index in [2.05, 4.69) is 11.4 Å².